The highest BCUT2D eigenvalue weighted by molar-refractivity contribution is 5.91. The molecule has 5 nitrogen and oxygen atoms in total. The summed E-state index contributed by atoms with van der Waals surface area (Å²) in [5.74, 6) is -1.66. The Morgan fingerprint density at radius 3 is 2.53 bits per heavy atom. The second kappa shape index (κ2) is 8.30. The van der Waals surface area contributed by atoms with E-state index in [9.17, 15) is 32.6 Å². The summed E-state index contributed by atoms with van der Waals surface area (Å²) in [5, 5.41) is 24.9. The fourth-order valence-electron chi connectivity index (χ4n) is 4.88. The van der Waals surface area contributed by atoms with Crippen molar-refractivity contribution in [1.29, 1.82) is 0 Å². The molecule has 4 rings (SSSR count). The van der Waals surface area contributed by atoms with E-state index in [1.807, 2.05) is 13.8 Å². The number of phenols is 1. The zero-order chi connectivity index (χ0) is 25.0. The zero-order valence-corrected chi connectivity index (χ0v) is 18.9. The number of rotatable bonds is 4. The van der Waals surface area contributed by atoms with Crippen LogP contribution in [0.2, 0.25) is 0 Å². The normalized spacial score (nSPS) is 22.7. The number of benzene rings is 2. The molecule has 1 aliphatic rings. The van der Waals surface area contributed by atoms with Crippen molar-refractivity contribution in [2.24, 2.45) is 0 Å². The Morgan fingerprint density at radius 1 is 1.21 bits per heavy atom. The molecule has 1 heterocycles. The van der Waals surface area contributed by atoms with Crippen LogP contribution in [0.4, 0.5) is 23.2 Å². The molecule has 34 heavy (non-hydrogen) atoms. The van der Waals surface area contributed by atoms with Gasteiger partial charge in [0.25, 0.3) is 0 Å². The summed E-state index contributed by atoms with van der Waals surface area (Å²) in [7, 11) is 0. The first kappa shape index (κ1) is 24.1. The van der Waals surface area contributed by atoms with Crippen LogP contribution in [-0.2, 0) is 0 Å². The largest absolute Gasteiger partial charge is 0.508 e. The van der Waals surface area contributed by atoms with Gasteiger partial charge in [-0.3, -0.25) is 4.79 Å². The van der Waals surface area contributed by atoms with Gasteiger partial charge in [-0.05, 0) is 60.1 Å². The minimum Gasteiger partial charge on any atom is -0.508 e. The van der Waals surface area contributed by atoms with Gasteiger partial charge < -0.3 is 20.5 Å². The van der Waals surface area contributed by atoms with E-state index in [0.29, 0.717) is 11.1 Å². The molecule has 0 radical (unpaired) electrons. The molecule has 182 valence electrons. The number of anilines is 1. The highest BCUT2D eigenvalue weighted by Crippen LogP contribution is 2.55. The molecule has 3 aromatic rings. The molecule has 0 bridgehead atoms. The van der Waals surface area contributed by atoms with Crippen molar-refractivity contribution in [2.45, 2.75) is 63.3 Å². The highest BCUT2D eigenvalue weighted by atomic mass is 19.4. The topological polar surface area (TPSA) is 85.4 Å². The Hall–Kier alpha value is -3.07. The first-order valence-corrected chi connectivity index (χ1v) is 11.1. The minimum atomic E-state index is -5.00. The molecular weight excluding hydrogens is 452 g/mol. The van der Waals surface area contributed by atoms with Gasteiger partial charge in [0.2, 0.25) is 5.56 Å². The molecule has 0 unspecified atom stereocenters. The molecule has 0 aliphatic heterocycles. The molecular formula is C25H26F4N2O3. The third-order valence-corrected chi connectivity index (χ3v) is 6.76. The number of aromatic nitrogens is 1. The fourth-order valence-corrected chi connectivity index (χ4v) is 4.88. The van der Waals surface area contributed by atoms with Crippen molar-refractivity contribution in [1.82, 2.24) is 4.98 Å². The number of hydrogen-bond acceptors (Lipinski definition) is 4. The number of halogens is 4. The molecule has 0 fully saturated rings. The second-order valence-electron chi connectivity index (χ2n) is 9.21. The van der Waals surface area contributed by atoms with Crippen LogP contribution in [0.15, 0.2) is 41.2 Å². The number of phenolic OH excluding ortho intramolecular Hbond substituents is 1. The second-order valence-corrected chi connectivity index (χ2v) is 9.21. The number of H-pyrrole nitrogens is 1. The van der Waals surface area contributed by atoms with Crippen molar-refractivity contribution in [3.05, 3.63) is 69.3 Å². The number of pyridine rings is 1. The van der Waals surface area contributed by atoms with E-state index in [4.69, 9.17) is 0 Å². The van der Waals surface area contributed by atoms with Crippen molar-refractivity contribution < 1.29 is 27.8 Å². The van der Waals surface area contributed by atoms with Crippen LogP contribution in [0.25, 0.3) is 10.9 Å². The standard InChI is InChI=1S/C25H26F4N2O3/c1-4-13-11-24(34,25(27,28)29)23(16-9-14(12(2)3)10-19(32)21(13)16)30-18-7-6-17(26)22-15(18)5-8-20(33)31-22/h5-10,12-13,23,30,32,34H,4,11H2,1-3H3,(H,31,33)/t13-,23+,24+/m1/s1. The lowest BCUT2D eigenvalue weighted by Crippen LogP contribution is -2.55. The Labute approximate surface area is 193 Å². The maximum atomic E-state index is 14.4. The van der Waals surface area contributed by atoms with Crippen LogP contribution in [0.1, 0.15) is 68.2 Å². The van der Waals surface area contributed by atoms with Crippen molar-refractivity contribution in [2.75, 3.05) is 5.32 Å². The summed E-state index contributed by atoms with van der Waals surface area (Å²) in [6.07, 6.45) is -5.36. The lowest BCUT2D eigenvalue weighted by atomic mass is 9.68. The predicted molar refractivity (Wildman–Crippen MR) is 122 cm³/mol. The number of aromatic amines is 1. The SMILES string of the molecule is CC[C@@H]1C[C@@](O)(C(F)(F)F)[C@@H](Nc2ccc(F)c3[nH]c(=O)ccc23)c2cc(C(C)C)cc(O)c21. The summed E-state index contributed by atoms with van der Waals surface area (Å²) in [6.45, 7) is 5.41. The van der Waals surface area contributed by atoms with Gasteiger partial charge in [-0.2, -0.15) is 13.2 Å². The third-order valence-electron chi connectivity index (χ3n) is 6.76. The van der Waals surface area contributed by atoms with E-state index >= 15 is 0 Å². The van der Waals surface area contributed by atoms with E-state index in [1.54, 1.807) is 19.1 Å². The zero-order valence-electron chi connectivity index (χ0n) is 18.9. The van der Waals surface area contributed by atoms with Crippen LogP contribution in [0.3, 0.4) is 0 Å². The van der Waals surface area contributed by atoms with Crippen LogP contribution in [0, 0.1) is 5.82 Å². The maximum Gasteiger partial charge on any atom is 0.419 e. The van der Waals surface area contributed by atoms with Gasteiger partial charge in [0, 0.05) is 22.7 Å². The minimum absolute atomic E-state index is 0.0884. The Kier molecular flexibility index (Phi) is 5.88. The number of nitrogens with one attached hydrogen (secondary N) is 2. The number of alkyl halides is 3. The van der Waals surface area contributed by atoms with Crippen molar-refractivity contribution in [3.63, 3.8) is 0 Å². The molecule has 3 atom stereocenters. The number of aromatic hydroxyl groups is 1. The van der Waals surface area contributed by atoms with Crippen LogP contribution < -0.4 is 10.9 Å². The van der Waals surface area contributed by atoms with Gasteiger partial charge in [-0.25, -0.2) is 4.39 Å². The van der Waals surface area contributed by atoms with Gasteiger partial charge in [-0.15, -0.1) is 0 Å². The number of aliphatic hydroxyl groups is 1. The summed E-state index contributed by atoms with van der Waals surface area (Å²) in [5.41, 5.74) is -2.65. The van der Waals surface area contributed by atoms with Gasteiger partial charge >= 0.3 is 6.18 Å². The van der Waals surface area contributed by atoms with E-state index in [-0.39, 0.29) is 40.2 Å². The summed E-state index contributed by atoms with van der Waals surface area (Å²) in [4.78, 5) is 14.0. The van der Waals surface area contributed by atoms with E-state index in [1.165, 1.54) is 12.1 Å². The van der Waals surface area contributed by atoms with Crippen LogP contribution >= 0.6 is 0 Å². The average Bonchev–Trinajstić information content (AvgIpc) is 2.76. The summed E-state index contributed by atoms with van der Waals surface area (Å²) in [6, 6.07) is 6.22. The molecule has 0 amide bonds. The van der Waals surface area contributed by atoms with Gasteiger partial charge in [0.1, 0.15) is 11.6 Å². The summed E-state index contributed by atoms with van der Waals surface area (Å²) >= 11 is 0. The Bertz CT molecular complexity index is 1300. The van der Waals surface area contributed by atoms with E-state index in [2.05, 4.69) is 10.3 Å². The molecule has 2 aromatic carbocycles. The molecule has 0 saturated heterocycles. The fraction of sp³-hybridized carbons (Fsp3) is 0.400. The quantitative estimate of drug-likeness (QED) is 0.355. The van der Waals surface area contributed by atoms with Crippen molar-refractivity contribution >= 4 is 16.6 Å². The molecule has 1 aliphatic carbocycles. The average molecular weight is 478 g/mol. The first-order valence-electron chi connectivity index (χ1n) is 11.1. The Morgan fingerprint density at radius 2 is 1.91 bits per heavy atom. The first-order chi connectivity index (χ1) is 15.9. The molecule has 0 spiro atoms. The lowest BCUT2D eigenvalue weighted by molar-refractivity contribution is -0.272. The molecule has 1 aromatic heterocycles. The lowest BCUT2D eigenvalue weighted by Gasteiger charge is -2.46. The highest BCUT2D eigenvalue weighted by Gasteiger charge is 2.62. The molecule has 0 saturated carbocycles. The van der Waals surface area contributed by atoms with Gasteiger partial charge in [0.05, 0.1) is 11.6 Å². The van der Waals surface area contributed by atoms with Gasteiger partial charge in [0.15, 0.2) is 5.60 Å². The van der Waals surface area contributed by atoms with E-state index in [0.717, 1.165) is 12.1 Å². The van der Waals surface area contributed by atoms with Crippen LogP contribution in [0.5, 0.6) is 5.75 Å². The van der Waals surface area contributed by atoms with Crippen molar-refractivity contribution in [3.8, 4) is 5.75 Å². The third kappa shape index (κ3) is 3.81. The Balaban J connectivity index is 1.98. The molecule has 4 N–H and O–H groups in total. The molecule has 9 heteroatoms. The summed E-state index contributed by atoms with van der Waals surface area (Å²) < 4.78 is 57.6. The number of hydrogen-bond donors (Lipinski definition) is 4. The maximum absolute atomic E-state index is 14.4. The van der Waals surface area contributed by atoms with E-state index < -0.39 is 41.5 Å². The predicted octanol–water partition coefficient (Wildman–Crippen LogP) is 5.84. The smallest absolute Gasteiger partial charge is 0.419 e. The van der Waals surface area contributed by atoms with Crippen LogP contribution in [-0.4, -0.2) is 27.0 Å². The monoisotopic (exact) mass is 478 g/mol. The van der Waals surface area contributed by atoms with Gasteiger partial charge in [-0.1, -0.05) is 26.8 Å². The number of fused-ring (bicyclic) bond motifs is 2.